The molecule has 5 nitrogen and oxygen atoms in total. The lowest BCUT2D eigenvalue weighted by Gasteiger charge is -2.12. The molecule has 1 aromatic carbocycles. The minimum absolute atomic E-state index is 0. The second kappa shape index (κ2) is 8.89. The molecule has 2 atom stereocenters. The van der Waals surface area contributed by atoms with E-state index in [2.05, 4.69) is 10.6 Å². The van der Waals surface area contributed by atoms with Crippen LogP contribution in [0.5, 0.6) is 0 Å². The minimum atomic E-state index is -0.0447. The Kier molecular flexibility index (Phi) is 7.52. The van der Waals surface area contributed by atoms with E-state index < -0.39 is 0 Å². The van der Waals surface area contributed by atoms with E-state index in [4.69, 9.17) is 5.73 Å². The number of carbonyl (C=O) groups excluding carboxylic acids is 2. The van der Waals surface area contributed by atoms with E-state index in [9.17, 15) is 9.59 Å². The molecular weight excluding hydrogens is 314 g/mol. The van der Waals surface area contributed by atoms with E-state index in [1.165, 1.54) is 0 Å². The van der Waals surface area contributed by atoms with Crippen LogP contribution in [0.3, 0.4) is 0 Å². The first-order valence-electron chi connectivity index (χ1n) is 7.89. The largest absolute Gasteiger partial charge is 0.352 e. The summed E-state index contributed by atoms with van der Waals surface area (Å²) in [6.07, 6.45) is 2.60. The molecule has 23 heavy (non-hydrogen) atoms. The van der Waals surface area contributed by atoms with Crippen LogP contribution in [0.4, 0.5) is 5.69 Å². The van der Waals surface area contributed by atoms with Crippen LogP contribution in [-0.2, 0) is 16.1 Å². The molecule has 1 aliphatic rings. The highest BCUT2D eigenvalue weighted by molar-refractivity contribution is 5.92. The maximum Gasteiger partial charge on any atom is 0.226 e. The zero-order valence-corrected chi connectivity index (χ0v) is 14.5. The molecule has 2 unspecified atom stereocenters. The lowest BCUT2D eigenvalue weighted by Crippen LogP contribution is -2.30. The Labute approximate surface area is 143 Å². The van der Waals surface area contributed by atoms with Gasteiger partial charge in [0, 0.05) is 30.1 Å². The van der Waals surface area contributed by atoms with Gasteiger partial charge in [-0.15, -0.1) is 12.4 Å². The van der Waals surface area contributed by atoms with Crippen LogP contribution in [0.1, 0.15) is 38.7 Å². The maximum absolute atomic E-state index is 12.0. The molecule has 0 radical (unpaired) electrons. The smallest absolute Gasteiger partial charge is 0.226 e. The first-order valence-corrected chi connectivity index (χ1v) is 7.89. The summed E-state index contributed by atoms with van der Waals surface area (Å²) in [5.74, 6) is 0.0973. The van der Waals surface area contributed by atoms with Crippen molar-refractivity contribution < 1.29 is 9.59 Å². The zero-order chi connectivity index (χ0) is 16.1. The summed E-state index contributed by atoms with van der Waals surface area (Å²) in [7, 11) is 0. The van der Waals surface area contributed by atoms with Gasteiger partial charge < -0.3 is 16.4 Å². The summed E-state index contributed by atoms with van der Waals surface area (Å²) in [5.41, 5.74) is 7.62. The van der Waals surface area contributed by atoms with E-state index >= 15 is 0 Å². The normalized spacial score (nSPS) is 20.0. The molecular formula is C17H26ClN3O2. The van der Waals surface area contributed by atoms with Crippen LogP contribution in [0.15, 0.2) is 24.3 Å². The molecule has 0 aliphatic heterocycles. The zero-order valence-electron chi connectivity index (χ0n) is 13.7. The summed E-state index contributed by atoms with van der Waals surface area (Å²) < 4.78 is 0. The van der Waals surface area contributed by atoms with Gasteiger partial charge in [0.2, 0.25) is 11.8 Å². The number of hydrogen-bond donors (Lipinski definition) is 3. The monoisotopic (exact) mass is 339 g/mol. The molecule has 6 heteroatoms. The van der Waals surface area contributed by atoms with E-state index in [1.807, 2.05) is 38.1 Å². The summed E-state index contributed by atoms with van der Waals surface area (Å²) in [5, 5.41) is 5.80. The Hall–Kier alpha value is -1.59. The molecule has 0 aromatic heterocycles. The van der Waals surface area contributed by atoms with Gasteiger partial charge in [0.1, 0.15) is 0 Å². The molecule has 0 heterocycles. The number of rotatable bonds is 5. The molecule has 1 fully saturated rings. The number of hydrogen-bond acceptors (Lipinski definition) is 3. The maximum atomic E-state index is 12.0. The van der Waals surface area contributed by atoms with Crippen molar-refractivity contribution in [1.82, 2.24) is 5.32 Å². The van der Waals surface area contributed by atoms with Gasteiger partial charge in [-0.05, 0) is 37.0 Å². The first kappa shape index (κ1) is 19.5. The third-order valence-corrected chi connectivity index (χ3v) is 4.06. The molecule has 0 spiro atoms. The number of nitrogens with two attached hydrogens (primary N) is 1. The molecule has 0 saturated heterocycles. The molecule has 1 aromatic rings. The fourth-order valence-electron chi connectivity index (χ4n) is 2.58. The van der Waals surface area contributed by atoms with Gasteiger partial charge in [-0.2, -0.15) is 0 Å². The van der Waals surface area contributed by atoms with Crippen molar-refractivity contribution in [3.63, 3.8) is 0 Å². The second-order valence-corrected chi connectivity index (χ2v) is 6.33. The fourth-order valence-corrected chi connectivity index (χ4v) is 2.58. The summed E-state index contributed by atoms with van der Waals surface area (Å²) in [6.45, 7) is 4.21. The SMILES string of the molecule is CC(C)C(=O)Nc1ccc(CNC(=O)C2CCC(N)C2)cc1.Cl. The molecule has 0 bridgehead atoms. The lowest BCUT2D eigenvalue weighted by atomic mass is 10.1. The van der Waals surface area contributed by atoms with Crippen molar-refractivity contribution in [3.05, 3.63) is 29.8 Å². The fraction of sp³-hybridized carbons (Fsp3) is 0.529. The summed E-state index contributed by atoms with van der Waals surface area (Å²) in [4.78, 5) is 23.6. The number of carbonyl (C=O) groups is 2. The first-order chi connectivity index (χ1) is 10.5. The average molecular weight is 340 g/mol. The van der Waals surface area contributed by atoms with Crippen LogP contribution >= 0.6 is 12.4 Å². The molecule has 2 amide bonds. The minimum Gasteiger partial charge on any atom is -0.352 e. The Morgan fingerprint density at radius 1 is 1.22 bits per heavy atom. The molecule has 128 valence electrons. The van der Waals surface area contributed by atoms with Crippen molar-refractivity contribution in [2.75, 3.05) is 5.32 Å². The topological polar surface area (TPSA) is 84.2 Å². The Bertz CT molecular complexity index is 531. The third kappa shape index (κ3) is 5.84. The van der Waals surface area contributed by atoms with E-state index in [1.54, 1.807) is 0 Å². The number of benzene rings is 1. The predicted octanol–water partition coefficient (Wildman–Crippen LogP) is 2.45. The number of amides is 2. The lowest BCUT2D eigenvalue weighted by molar-refractivity contribution is -0.125. The van der Waals surface area contributed by atoms with E-state index in [0.29, 0.717) is 6.54 Å². The third-order valence-electron chi connectivity index (χ3n) is 4.06. The van der Waals surface area contributed by atoms with Crippen molar-refractivity contribution in [2.24, 2.45) is 17.6 Å². The highest BCUT2D eigenvalue weighted by atomic mass is 35.5. The molecule has 2 rings (SSSR count). The number of nitrogens with one attached hydrogen (secondary N) is 2. The van der Waals surface area contributed by atoms with Crippen molar-refractivity contribution >= 4 is 29.9 Å². The van der Waals surface area contributed by atoms with Gasteiger partial charge in [0.05, 0.1) is 0 Å². The van der Waals surface area contributed by atoms with Gasteiger partial charge >= 0.3 is 0 Å². The van der Waals surface area contributed by atoms with Crippen molar-refractivity contribution in [1.29, 1.82) is 0 Å². The quantitative estimate of drug-likeness (QED) is 0.770. The van der Waals surface area contributed by atoms with Crippen LogP contribution in [-0.4, -0.2) is 17.9 Å². The van der Waals surface area contributed by atoms with E-state index in [-0.39, 0.29) is 42.1 Å². The van der Waals surface area contributed by atoms with Crippen LogP contribution in [0, 0.1) is 11.8 Å². The van der Waals surface area contributed by atoms with Crippen LogP contribution in [0.2, 0.25) is 0 Å². The Morgan fingerprint density at radius 3 is 2.39 bits per heavy atom. The molecule has 4 N–H and O–H groups in total. The molecule has 1 aliphatic carbocycles. The van der Waals surface area contributed by atoms with Crippen molar-refractivity contribution in [3.8, 4) is 0 Å². The average Bonchev–Trinajstić information content (AvgIpc) is 2.92. The second-order valence-electron chi connectivity index (χ2n) is 6.33. The van der Waals surface area contributed by atoms with Gasteiger partial charge in [-0.1, -0.05) is 26.0 Å². The highest BCUT2D eigenvalue weighted by Crippen LogP contribution is 2.24. The number of anilines is 1. The van der Waals surface area contributed by atoms with Gasteiger partial charge in [-0.3, -0.25) is 9.59 Å². The number of halogens is 1. The van der Waals surface area contributed by atoms with Crippen molar-refractivity contribution in [2.45, 2.75) is 45.7 Å². The standard InChI is InChI=1S/C17H25N3O2.ClH/c1-11(2)16(21)20-15-7-3-12(4-8-15)10-19-17(22)13-5-6-14(18)9-13;/h3-4,7-8,11,13-14H,5-6,9-10,18H2,1-2H3,(H,19,22)(H,20,21);1H. The Morgan fingerprint density at radius 2 is 1.87 bits per heavy atom. The highest BCUT2D eigenvalue weighted by Gasteiger charge is 2.27. The van der Waals surface area contributed by atoms with Crippen LogP contribution < -0.4 is 16.4 Å². The van der Waals surface area contributed by atoms with E-state index in [0.717, 1.165) is 30.5 Å². The summed E-state index contributed by atoms with van der Waals surface area (Å²) >= 11 is 0. The Balaban J connectivity index is 0.00000264. The molecule has 1 saturated carbocycles. The van der Waals surface area contributed by atoms with Gasteiger partial charge in [0.15, 0.2) is 0 Å². The van der Waals surface area contributed by atoms with Gasteiger partial charge in [-0.25, -0.2) is 0 Å². The van der Waals surface area contributed by atoms with Gasteiger partial charge in [0.25, 0.3) is 0 Å². The predicted molar refractivity (Wildman–Crippen MR) is 94.3 cm³/mol. The summed E-state index contributed by atoms with van der Waals surface area (Å²) in [6, 6.07) is 7.70. The van der Waals surface area contributed by atoms with Crippen LogP contribution in [0.25, 0.3) is 0 Å².